The van der Waals surface area contributed by atoms with Crippen LogP contribution in [-0.2, 0) is 21.4 Å². The molecule has 2 aromatic rings. The van der Waals surface area contributed by atoms with E-state index in [1.165, 1.54) is 23.5 Å². The Hall–Kier alpha value is -2.42. The van der Waals surface area contributed by atoms with E-state index in [0.29, 0.717) is 5.75 Å². The van der Waals surface area contributed by atoms with E-state index in [9.17, 15) is 13.2 Å². The van der Waals surface area contributed by atoms with Crippen LogP contribution >= 0.6 is 0 Å². The number of hydrogen-bond acceptors (Lipinski definition) is 5. The molecule has 1 aliphatic rings. The smallest absolute Gasteiger partial charge is 0.243 e. The minimum Gasteiger partial charge on any atom is -0.497 e. The molecule has 1 saturated heterocycles. The summed E-state index contributed by atoms with van der Waals surface area (Å²) in [5.41, 5.74) is 0.821. The van der Waals surface area contributed by atoms with E-state index in [2.05, 4.69) is 17.3 Å². The van der Waals surface area contributed by atoms with E-state index in [1.54, 1.807) is 12.1 Å². The molecule has 0 spiro atoms. The second-order valence-corrected chi connectivity index (χ2v) is 9.52. The zero-order valence-corrected chi connectivity index (χ0v) is 18.3. The minimum atomic E-state index is -3.86. The third kappa shape index (κ3) is 5.81. The zero-order chi connectivity index (χ0) is 21.6. The summed E-state index contributed by atoms with van der Waals surface area (Å²) < 4.78 is 33.0. The first-order chi connectivity index (χ1) is 14.4. The molecule has 0 unspecified atom stereocenters. The second kappa shape index (κ2) is 10.1. The first-order valence-electron chi connectivity index (χ1n) is 10.0. The molecule has 1 heterocycles. The van der Waals surface area contributed by atoms with Crippen molar-refractivity contribution < 1.29 is 17.9 Å². The fourth-order valence-corrected chi connectivity index (χ4v) is 4.88. The average molecular weight is 432 g/mol. The van der Waals surface area contributed by atoms with Gasteiger partial charge in [0.15, 0.2) is 0 Å². The fourth-order valence-electron chi connectivity index (χ4n) is 3.50. The largest absolute Gasteiger partial charge is 0.497 e. The molecule has 0 aromatic heterocycles. The van der Waals surface area contributed by atoms with Crippen LogP contribution in [0.1, 0.15) is 18.4 Å². The van der Waals surface area contributed by atoms with Crippen molar-refractivity contribution >= 4 is 15.9 Å². The summed E-state index contributed by atoms with van der Waals surface area (Å²) in [5, 5.41) is 3.01. The molecule has 3 rings (SSSR count). The van der Waals surface area contributed by atoms with E-state index in [4.69, 9.17) is 4.74 Å². The van der Waals surface area contributed by atoms with E-state index in [0.717, 1.165) is 31.5 Å². The number of amides is 1. The van der Waals surface area contributed by atoms with Gasteiger partial charge in [-0.2, -0.15) is 4.31 Å². The number of nitrogens with zero attached hydrogens (tertiary/aromatic N) is 2. The van der Waals surface area contributed by atoms with Crippen LogP contribution in [-0.4, -0.2) is 63.4 Å². The van der Waals surface area contributed by atoms with Crippen molar-refractivity contribution in [2.45, 2.75) is 30.3 Å². The van der Waals surface area contributed by atoms with Crippen LogP contribution in [0.15, 0.2) is 59.5 Å². The van der Waals surface area contributed by atoms with Crippen molar-refractivity contribution in [3.63, 3.8) is 0 Å². The van der Waals surface area contributed by atoms with Crippen molar-refractivity contribution in [1.82, 2.24) is 14.5 Å². The van der Waals surface area contributed by atoms with Gasteiger partial charge in [0.25, 0.3) is 0 Å². The Balaban J connectivity index is 1.77. The van der Waals surface area contributed by atoms with E-state index in [1.807, 2.05) is 30.3 Å². The second-order valence-electron chi connectivity index (χ2n) is 7.58. The number of benzene rings is 2. The summed E-state index contributed by atoms with van der Waals surface area (Å²) in [6, 6.07) is 15.6. The molecule has 2 aromatic carbocycles. The molecule has 0 radical (unpaired) electrons. The van der Waals surface area contributed by atoms with Crippen LogP contribution < -0.4 is 10.1 Å². The Bertz CT molecular complexity index is 925. The lowest BCUT2D eigenvalue weighted by Gasteiger charge is -2.30. The normalized spacial score (nSPS) is 15.8. The van der Waals surface area contributed by atoms with Crippen molar-refractivity contribution in [2.75, 3.05) is 33.8 Å². The molecule has 1 N–H and O–H groups in total. The van der Waals surface area contributed by atoms with Crippen LogP contribution in [0.5, 0.6) is 5.75 Å². The number of sulfonamides is 1. The van der Waals surface area contributed by atoms with Crippen LogP contribution in [0.4, 0.5) is 0 Å². The lowest BCUT2D eigenvalue weighted by Crippen LogP contribution is -2.47. The van der Waals surface area contributed by atoms with Crippen LogP contribution in [0.25, 0.3) is 0 Å². The summed E-state index contributed by atoms with van der Waals surface area (Å²) in [6.07, 6.45) is 1.73. The SMILES string of the molecule is COc1ccc(S(=O)(=O)N(CC(=O)NC2CCN(C)CC2)Cc2ccccc2)cc1. The summed E-state index contributed by atoms with van der Waals surface area (Å²) in [7, 11) is -0.277. The third-order valence-electron chi connectivity index (χ3n) is 5.30. The number of methoxy groups -OCH3 is 1. The molecule has 162 valence electrons. The number of likely N-dealkylation sites (tertiary alicyclic amines) is 1. The number of ether oxygens (including phenoxy) is 1. The summed E-state index contributed by atoms with van der Waals surface area (Å²) in [6.45, 7) is 1.73. The van der Waals surface area contributed by atoms with Crippen molar-refractivity contribution in [2.24, 2.45) is 0 Å². The topological polar surface area (TPSA) is 79.0 Å². The number of carbonyl (C=O) groups is 1. The predicted octanol–water partition coefficient (Wildman–Crippen LogP) is 2.10. The van der Waals surface area contributed by atoms with E-state index < -0.39 is 10.0 Å². The number of nitrogens with one attached hydrogen (secondary N) is 1. The van der Waals surface area contributed by atoms with Gasteiger partial charge in [-0.25, -0.2) is 8.42 Å². The standard InChI is InChI=1S/C22H29N3O4S/c1-24-14-12-19(13-15-24)23-22(26)17-25(16-18-6-4-3-5-7-18)30(27,28)21-10-8-20(29-2)9-11-21/h3-11,19H,12-17H2,1-2H3,(H,23,26). The highest BCUT2D eigenvalue weighted by Gasteiger charge is 2.28. The molecule has 1 aliphatic heterocycles. The first kappa shape index (κ1) is 22.3. The molecule has 0 aliphatic carbocycles. The summed E-state index contributed by atoms with van der Waals surface area (Å²) >= 11 is 0. The predicted molar refractivity (Wildman–Crippen MR) is 116 cm³/mol. The van der Waals surface area contributed by atoms with Crippen LogP contribution in [0, 0.1) is 0 Å². The quantitative estimate of drug-likeness (QED) is 0.693. The van der Waals surface area contributed by atoms with Crippen LogP contribution in [0.3, 0.4) is 0 Å². The third-order valence-corrected chi connectivity index (χ3v) is 7.11. The Morgan fingerprint density at radius 3 is 2.33 bits per heavy atom. The van der Waals surface area contributed by atoms with Gasteiger partial charge in [-0.05, 0) is 62.8 Å². The van der Waals surface area contributed by atoms with Gasteiger partial charge in [0, 0.05) is 12.6 Å². The molecule has 0 bridgehead atoms. The molecular weight excluding hydrogens is 402 g/mol. The molecule has 8 heteroatoms. The number of rotatable bonds is 8. The lowest BCUT2D eigenvalue weighted by molar-refractivity contribution is -0.122. The van der Waals surface area contributed by atoms with Gasteiger partial charge in [0.2, 0.25) is 15.9 Å². The fraction of sp³-hybridized carbons (Fsp3) is 0.409. The van der Waals surface area contributed by atoms with Gasteiger partial charge in [-0.3, -0.25) is 4.79 Å². The molecule has 7 nitrogen and oxygen atoms in total. The van der Waals surface area contributed by atoms with Gasteiger partial charge in [-0.15, -0.1) is 0 Å². The molecule has 0 atom stereocenters. The highest BCUT2D eigenvalue weighted by molar-refractivity contribution is 7.89. The van der Waals surface area contributed by atoms with Crippen LogP contribution in [0.2, 0.25) is 0 Å². The summed E-state index contributed by atoms with van der Waals surface area (Å²) in [4.78, 5) is 15.1. The molecule has 30 heavy (non-hydrogen) atoms. The van der Waals surface area contributed by atoms with E-state index >= 15 is 0 Å². The average Bonchev–Trinajstić information content (AvgIpc) is 2.75. The van der Waals surface area contributed by atoms with Crippen molar-refractivity contribution in [3.8, 4) is 5.75 Å². The number of hydrogen-bond donors (Lipinski definition) is 1. The van der Waals surface area contributed by atoms with E-state index in [-0.39, 0.29) is 29.9 Å². The molecular formula is C22H29N3O4S. The lowest BCUT2D eigenvalue weighted by atomic mass is 10.1. The van der Waals surface area contributed by atoms with Gasteiger partial charge in [-0.1, -0.05) is 30.3 Å². The number of piperidine rings is 1. The maximum Gasteiger partial charge on any atom is 0.243 e. The highest BCUT2D eigenvalue weighted by atomic mass is 32.2. The zero-order valence-electron chi connectivity index (χ0n) is 17.5. The van der Waals surface area contributed by atoms with Gasteiger partial charge < -0.3 is 15.0 Å². The Morgan fingerprint density at radius 2 is 1.73 bits per heavy atom. The Labute approximate surface area is 178 Å². The maximum atomic E-state index is 13.3. The minimum absolute atomic E-state index is 0.0796. The van der Waals surface area contributed by atoms with Gasteiger partial charge in [0.1, 0.15) is 5.75 Å². The molecule has 1 fully saturated rings. The number of carbonyl (C=O) groups excluding carboxylic acids is 1. The monoisotopic (exact) mass is 431 g/mol. The highest BCUT2D eigenvalue weighted by Crippen LogP contribution is 2.21. The maximum absolute atomic E-state index is 13.3. The van der Waals surface area contributed by atoms with Crippen molar-refractivity contribution in [3.05, 3.63) is 60.2 Å². The van der Waals surface area contributed by atoms with Crippen molar-refractivity contribution in [1.29, 1.82) is 0 Å². The first-order valence-corrected chi connectivity index (χ1v) is 11.5. The molecule has 1 amide bonds. The Kier molecular flexibility index (Phi) is 7.47. The Morgan fingerprint density at radius 1 is 1.10 bits per heavy atom. The summed E-state index contributed by atoms with van der Waals surface area (Å²) in [5.74, 6) is 0.293. The van der Waals surface area contributed by atoms with Gasteiger partial charge in [0.05, 0.1) is 18.6 Å². The van der Waals surface area contributed by atoms with Gasteiger partial charge >= 0.3 is 0 Å². The molecule has 0 saturated carbocycles.